The van der Waals surface area contributed by atoms with Crippen LogP contribution in [0.1, 0.15) is 21.7 Å². The van der Waals surface area contributed by atoms with E-state index >= 15 is 0 Å². The number of hydrogen-bond donors (Lipinski definition) is 3. The second-order valence-corrected chi connectivity index (χ2v) is 8.13. The molecule has 1 heterocycles. The van der Waals surface area contributed by atoms with E-state index in [1.54, 1.807) is 18.2 Å². The van der Waals surface area contributed by atoms with E-state index in [1.807, 2.05) is 13.0 Å². The summed E-state index contributed by atoms with van der Waals surface area (Å²) in [6, 6.07) is 13.0. The van der Waals surface area contributed by atoms with Gasteiger partial charge < -0.3 is 20.4 Å². The summed E-state index contributed by atoms with van der Waals surface area (Å²) in [5.74, 6) is -2.09. The predicted molar refractivity (Wildman–Crippen MR) is 124 cm³/mol. The molecule has 1 aromatic heterocycles. The highest BCUT2D eigenvalue weighted by atomic mass is 32.2. The average molecular weight is 491 g/mol. The number of rotatable bonds is 8. The number of halogens is 3. The van der Waals surface area contributed by atoms with Crippen molar-refractivity contribution in [1.29, 1.82) is 0 Å². The lowest BCUT2D eigenvalue weighted by molar-refractivity contribution is -0.137. The van der Waals surface area contributed by atoms with Gasteiger partial charge in [0, 0.05) is 11.4 Å². The number of benzene rings is 2. The van der Waals surface area contributed by atoms with Gasteiger partial charge in [-0.3, -0.25) is 14.4 Å². The zero-order chi connectivity index (χ0) is 24.7. The largest absolute Gasteiger partial charge is 0.459 e. The summed E-state index contributed by atoms with van der Waals surface area (Å²) in [6.07, 6.45) is -3.52. The van der Waals surface area contributed by atoms with Crippen LogP contribution in [0.2, 0.25) is 0 Å². The van der Waals surface area contributed by atoms with Gasteiger partial charge in [-0.05, 0) is 55.0 Å². The molecule has 3 aromatic rings. The second kappa shape index (κ2) is 10.9. The van der Waals surface area contributed by atoms with Crippen LogP contribution in [0.15, 0.2) is 65.3 Å². The van der Waals surface area contributed by atoms with Gasteiger partial charge in [-0.15, -0.1) is 11.8 Å². The maximum absolute atomic E-state index is 13.5. The van der Waals surface area contributed by atoms with Gasteiger partial charge in [0.05, 0.1) is 29.0 Å². The number of thioether (sulfide) groups is 1. The lowest BCUT2D eigenvalue weighted by atomic mass is 10.1. The molecule has 0 radical (unpaired) electrons. The number of hydrogen-bond acceptors (Lipinski definition) is 5. The van der Waals surface area contributed by atoms with E-state index < -0.39 is 29.2 Å². The number of amides is 3. The summed E-state index contributed by atoms with van der Waals surface area (Å²) >= 11 is 0.963. The minimum absolute atomic E-state index is 0.0504. The number of furan rings is 1. The van der Waals surface area contributed by atoms with Crippen molar-refractivity contribution in [2.45, 2.75) is 13.1 Å². The summed E-state index contributed by atoms with van der Waals surface area (Å²) in [7, 11) is 0. The fraction of sp³-hybridized carbons (Fsp3) is 0.174. The minimum Gasteiger partial charge on any atom is -0.459 e. The molecule has 2 aromatic carbocycles. The lowest BCUT2D eigenvalue weighted by Crippen LogP contribution is -2.20. The first-order chi connectivity index (χ1) is 16.1. The summed E-state index contributed by atoms with van der Waals surface area (Å²) in [4.78, 5) is 36.2. The molecule has 0 saturated heterocycles. The van der Waals surface area contributed by atoms with Crippen LogP contribution < -0.4 is 16.0 Å². The van der Waals surface area contributed by atoms with Gasteiger partial charge in [-0.2, -0.15) is 13.2 Å². The minimum atomic E-state index is -4.78. The van der Waals surface area contributed by atoms with E-state index in [1.165, 1.54) is 24.5 Å². The Kier molecular flexibility index (Phi) is 8.00. The Hall–Kier alpha value is -3.73. The molecule has 0 aliphatic rings. The van der Waals surface area contributed by atoms with Crippen molar-refractivity contribution in [2.24, 2.45) is 0 Å². The van der Waals surface area contributed by atoms with Crippen LogP contribution in [0.3, 0.4) is 0 Å². The molecule has 0 saturated carbocycles. The number of carbonyl (C=O) groups is 3. The van der Waals surface area contributed by atoms with Crippen LogP contribution in [0.4, 0.5) is 30.2 Å². The van der Waals surface area contributed by atoms with E-state index in [9.17, 15) is 27.6 Å². The van der Waals surface area contributed by atoms with Crippen molar-refractivity contribution in [2.75, 3.05) is 27.5 Å². The van der Waals surface area contributed by atoms with E-state index in [0.29, 0.717) is 5.69 Å². The fourth-order valence-electron chi connectivity index (χ4n) is 2.91. The van der Waals surface area contributed by atoms with Crippen molar-refractivity contribution >= 4 is 46.5 Å². The quantitative estimate of drug-likeness (QED) is 0.404. The van der Waals surface area contributed by atoms with E-state index in [2.05, 4.69) is 16.0 Å². The predicted octanol–water partition coefficient (Wildman–Crippen LogP) is 5.17. The van der Waals surface area contributed by atoms with Gasteiger partial charge in [0.15, 0.2) is 5.76 Å². The third-order valence-corrected chi connectivity index (χ3v) is 5.30. The van der Waals surface area contributed by atoms with Crippen LogP contribution in [-0.2, 0) is 15.8 Å². The van der Waals surface area contributed by atoms with Gasteiger partial charge >= 0.3 is 6.18 Å². The van der Waals surface area contributed by atoms with Crippen LogP contribution in [-0.4, -0.2) is 29.2 Å². The molecule has 178 valence electrons. The third kappa shape index (κ3) is 7.14. The fourth-order valence-corrected chi connectivity index (χ4v) is 3.53. The van der Waals surface area contributed by atoms with Gasteiger partial charge in [0.25, 0.3) is 5.91 Å². The van der Waals surface area contributed by atoms with Crippen molar-refractivity contribution in [1.82, 2.24) is 0 Å². The first kappa shape index (κ1) is 24.9. The number of carbonyl (C=O) groups excluding carboxylic acids is 3. The zero-order valence-corrected chi connectivity index (χ0v) is 18.7. The molecule has 7 nitrogen and oxygen atoms in total. The summed E-state index contributed by atoms with van der Waals surface area (Å²) in [6.45, 7) is 1.88. The summed E-state index contributed by atoms with van der Waals surface area (Å²) in [5.41, 5.74) is -0.117. The molecule has 0 aliphatic heterocycles. The number of nitrogens with one attached hydrogen (secondary N) is 3. The number of alkyl halides is 3. The Morgan fingerprint density at radius 2 is 1.59 bits per heavy atom. The molecular formula is C23H20F3N3O4S. The van der Waals surface area contributed by atoms with Crippen LogP contribution in [0.5, 0.6) is 0 Å². The van der Waals surface area contributed by atoms with Gasteiger partial charge in [0.1, 0.15) is 0 Å². The monoisotopic (exact) mass is 491 g/mol. The van der Waals surface area contributed by atoms with Gasteiger partial charge in [-0.25, -0.2) is 0 Å². The molecule has 3 N–H and O–H groups in total. The van der Waals surface area contributed by atoms with E-state index in [4.69, 9.17) is 4.42 Å². The normalized spacial score (nSPS) is 11.1. The Morgan fingerprint density at radius 1 is 0.882 bits per heavy atom. The molecule has 11 heteroatoms. The number of anilines is 3. The average Bonchev–Trinajstić information content (AvgIpc) is 3.29. The number of aryl methyl sites for hydroxylation is 1. The molecule has 0 unspecified atom stereocenters. The highest BCUT2D eigenvalue weighted by Crippen LogP contribution is 2.36. The summed E-state index contributed by atoms with van der Waals surface area (Å²) < 4.78 is 45.5. The van der Waals surface area contributed by atoms with Gasteiger partial charge in [-0.1, -0.05) is 12.1 Å². The molecule has 3 rings (SSSR count). The van der Waals surface area contributed by atoms with E-state index in [-0.39, 0.29) is 28.9 Å². The maximum atomic E-state index is 13.5. The Morgan fingerprint density at radius 3 is 2.24 bits per heavy atom. The molecule has 0 aliphatic carbocycles. The van der Waals surface area contributed by atoms with Crippen molar-refractivity contribution in [3.63, 3.8) is 0 Å². The molecular weight excluding hydrogens is 471 g/mol. The second-order valence-electron chi connectivity index (χ2n) is 7.15. The molecule has 0 fully saturated rings. The molecule has 0 atom stereocenters. The third-order valence-electron chi connectivity index (χ3n) is 4.37. The SMILES string of the molecule is Cc1cccc(NC(=O)CSCC(=O)Nc2ccc(NC(=O)c3ccco3)cc2C(F)(F)F)c1. The van der Waals surface area contributed by atoms with Gasteiger partial charge in [0.2, 0.25) is 11.8 Å². The van der Waals surface area contributed by atoms with E-state index in [0.717, 1.165) is 29.5 Å². The van der Waals surface area contributed by atoms with Crippen molar-refractivity contribution < 1.29 is 32.0 Å². The van der Waals surface area contributed by atoms with Crippen molar-refractivity contribution in [3.05, 3.63) is 77.7 Å². The Labute approximate surface area is 197 Å². The molecule has 0 spiro atoms. The highest BCUT2D eigenvalue weighted by Gasteiger charge is 2.34. The lowest BCUT2D eigenvalue weighted by Gasteiger charge is -2.15. The topological polar surface area (TPSA) is 100 Å². The standard InChI is InChI=1S/C23H20F3N3O4S/c1-14-4-2-5-15(10-14)27-20(30)12-34-13-21(31)29-18-8-7-16(11-17(18)23(24,25)26)28-22(32)19-6-3-9-33-19/h2-11H,12-13H2,1H3,(H,27,30)(H,28,32)(H,29,31). The van der Waals surface area contributed by atoms with Crippen molar-refractivity contribution in [3.8, 4) is 0 Å². The molecule has 3 amide bonds. The molecule has 34 heavy (non-hydrogen) atoms. The Bertz CT molecular complexity index is 1180. The first-order valence-electron chi connectivity index (χ1n) is 9.92. The maximum Gasteiger partial charge on any atom is 0.418 e. The Balaban J connectivity index is 1.57. The summed E-state index contributed by atoms with van der Waals surface area (Å²) in [5, 5.41) is 7.21. The smallest absolute Gasteiger partial charge is 0.418 e. The van der Waals surface area contributed by atoms with Crippen LogP contribution in [0.25, 0.3) is 0 Å². The van der Waals surface area contributed by atoms with Crippen LogP contribution in [0, 0.1) is 6.92 Å². The first-order valence-corrected chi connectivity index (χ1v) is 11.1. The molecule has 0 bridgehead atoms. The highest BCUT2D eigenvalue weighted by molar-refractivity contribution is 8.00. The zero-order valence-electron chi connectivity index (χ0n) is 17.9. The van der Waals surface area contributed by atoms with Crippen LogP contribution >= 0.6 is 11.8 Å².